The van der Waals surface area contributed by atoms with Gasteiger partial charge in [0.15, 0.2) is 0 Å². The zero-order chi connectivity index (χ0) is 13.2. The summed E-state index contributed by atoms with van der Waals surface area (Å²) in [4.78, 5) is 0. The molecule has 4 heteroatoms. The van der Waals surface area contributed by atoms with Crippen molar-refractivity contribution < 1.29 is 9.15 Å². The van der Waals surface area contributed by atoms with Crippen LogP contribution in [-0.2, 0) is 4.74 Å². The second-order valence-electron chi connectivity index (χ2n) is 6.09. The van der Waals surface area contributed by atoms with Gasteiger partial charge in [-0.2, -0.15) is 0 Å². The van der Waals surface area contributed by atoms with Crippen LogP contribution in [0.4, 0.5) is 0 Å². The molecule has 1 fully saturated rings. The van der Waals surface area contributed by atoms with E-state index >= 15 is 0 Å². The lowest BCUT2D eigenvalue weighted by Gasteiger charge is -2.46. The first kappa shape index (κ1) is 13.6. The molecule has 0 spiro atoms. The lowest BCUT2D eigenvalue weighted by atomic mass is 9.67. The van der Waals surface area contributed by atoms with Crippen molar-refractivity contribution in [3.8, 4) is 0 Å². The highest BCUT2D eigenvalue weighted by molar-refractivity contribution is 5.17. The average Bonchev–Trinajstić information content (AvgIpc) is 2.86. The van der Waals surface area contributed by atoms with Crippen molar-refractivity contribution in [2.75, 3.05) is 7.11 Å². The van der Waals surface area contributed by atoms with E-state index in [-0.39, 0.29) is 11.6 Å². The van der Waals surface area contributed by atoms with Crippen LogP contribution in [-0.4, -0.2) is 12.7 Å². The number of nitrogens with one attached hydrogen (secondary N) is 1. The van der Waals surface area contributed by atoms with E-state index in [1.165, 1.54) is 0 Å². The second-order valence-corrected chi connectivity index (χ2v) is 6.09. The molecule has 2 rings (SSSR count). The van der Waals surface area contributed by atoms with Crippen LogP contribution in [0, 0.1) is 5.41 Å². The molecule has 1 aliphatic rings. The zero-order valence-corrected chi connectivity index (χ0v) is 11.5. The molecule has 0 amide bonds. The molecule has 1 aromatic rings. The van der Waals surface area contributed by atoms with Gasteiger partial charge in [0.1, 0.15) is 0 Å². The third-order valence-electron chi connectivity index (χ3n) is 4.43. The number of methoxy groups -OCH3 is 1. The van der Waals surface area contributed by atoms with Gasteiger partial charge in [-0.1, -0.05) is 13.8 Å². The monoisotopic (exact) mass is 252 g/mol. The summed E-state index contributed by atoms with van der Waals surface area (Å²) in [5.41, 5.74) is 4.14. The van der Waals surface area contributed by atoms with Gasteiger partial charge in [0.05, 0.1) is 24.2 Å². The molecule has 0 bridgehead atoms. The fourth-order valence-corrected chi connectivity index (χ4v) is 2.95. The summed E-state index contributed by atoms with van der Waals surface area (Å²) in [6.45, 7) is 4.63. The minimum atomic E-state index is -0.228. The van der Waals surface area contributed by atoms with Gasteiger partial charge in [0.2, 0.25) is 0 Å². The largest absolute Gasteiger partial charge is 0.472 e. The third-order valence-corrected chi connectivity index (χ3v) is 4.43. The van der Waals surface area contributed by atoms with E-state index in [1.54, 1.807) is 19.6 Å². The van der Waals surface area contributed by atoms with Crippen LogP contribution in [0.1, 0.15) is 51.1 Å². The first-order valence-corrected chi connectivity index (χ1v) is 6.56. The van der Waals surface area contributed by atoms with Crippen molar-refractivity contribution in [2.45, 2.75) is 51.2 Å². The minimum Gasteiger partial charge on any atom is -0.472 e. The van der Waals surface area contributed by atoms with E-state index < -0.39 is 0 Å². The van der Waals surface area contributed by atoms with Crippen LogP contribution in [0.2, 0.25) is 0 Å². The highest BCUT2D eigenvalue weighted by Gasteiger charge is 2.44. The van der Waals surface area contributed by atoms with Crippen molar-refractivity contribution in [1.82, 2.24) is 5.43 Å². The van der Waals surface area contributed by atoms with E-state index in [0.29, 0.717) is 5.41 Å². The van der Waals surface area contributed by atoms with Crippen molar-refractivity contribution in [3.05, 3.63) is 24.2 Å². The highest BCUT2D eigenvalue weighted by atomic mass is 16.5. The Bertz CT molecular complexity index is 363. The van der Waals surface area contributed by atoms with Crippen LogP contribution in [0.25, 0.3) is 0 Å². The first-order chi connectivity index (χ1) is 8.53. The Balaban J connectivity index is 2.21. The standard InChI is InChI=1S/C14H24N2O2/c1-13(2)5-7-14(17-3,8-6-13)12(16-15)11-4-9-18-10-11/h4,9-10,12,16H,5-8,15H2,1-3H3. The molecule has 1 heterocycles. The first-order valence-electron chi connectivity index (χ1n) is 6.56. The van der Waals surface area contributed by atoms with Crippen LogP contribution < -0.4 is 11.3 Å². The van der Waals surface area contributed by atoms with Gasteiger partial charge in [-0.05, 0) is 37.2 Å². The van der Waals surface area contributed by atoms with Crippen molar-refractivity contribution >= 4 is 0 Å². The molecular formula is C14H24N2O2. The number of hydrazine groups is 1. The van der Waals surface area contributed by atoms with E-state index in [2.05, 4.69) is 19.3 Å². The average molecular weight is 252 g/mol. The van der Waals surface area contributed by atoms with Gasteiger partial charge in [-0.3, -0.25) is 5.84 Å². The van der Waals surface area contributed by atoms with Crippen LogP contribution in [0.15, 0.2) is 23.0 Å². The summed E-state index contributed by atoms with van der Waals surface area (Å²) >= 11 is 0. The summed E-state index contributed by atoms with van der Waals surface area (Å²) in [6, 6.07) is 1.93. The predicted molar refractivity (Wildman–Crippen MR) is 70.8 cm³/mol. The second kappa shape index (κ2) is 5.03. The normalized spacial score (nSPS) is 23.8. The molecule has 0 aliphatic heterocycles. The lowest BCUT2D eigenvalue weighted by molar-refractivity contribution is -0.0878. The number of hydrogen-bond acceptors (Lipinski definition) is 4. The van der Waals surface area contributed by atoms with E-state index in [0.717, 1.165) is 31.2 Å². The lowest BCUT2D eigenvalue weighted by Crippen LogP contribution is -2.50. The maximum absolute atomic E-state index is 5.86. The quantitative estimate of drug-likeness (QED) is 0.639. The topological polar surface area (TPSA) is 60.4 Å². The predicted octanol–water partition coefficient (Wildman–Crippen LogP) is 2.77. The maximum atomic E-state index is 5.86. The molecule has 0 radical (unpaired) electrons. The Labute approximate surface area is 109 Å². The van der Waals surface area contributed by atoms with Crippen LogP contribution >= 0.6 is 0 Å². The molecule has 3 N–H and O–H groups in total. The minimum absolute atomic E-state index is 0.0163. The molecule has 1 atom stereocenters. The van der Waals surface area contributed by atoms with E-state index in [4.69, 9.17) is 15.0 Å². The molecule has 1 aromatic heterocycles. The van der Waals surface area contributed by atoms with Crippen molar-refractivity contribution in [2.24, 2.45) is 11.3 Å². The highest BCUT2D eigenvalue weighted by Crippen LogP contribution is 2.47. The summed E-state index contributed by atoms with van der Waals surface area (Å²) in [5.74, 6) is 5.75. The Morgan fingerprint density at radius 1 is 1.33 bits per heavy atom. The number of hydrogen-bond donors (Lipinski definition) is 2. The Kier molecular flexibility index (Phi) is 3.80. The number of rotatable bonds is 4. The smallest absolute Gasteiger partial charge is 0.0952 e. The Morgan fingerprint density at radius 2 is 2.00 bits per heavy atom. The fraction of sp³-hybridized carbons (Fsp3) is 0.714. The van der Waals surface area contributed by atoms with Gasteiger partial charge in [-0.15, -0.1) is 0 Å². The Morgan fingerprint density at radius 3 is 2.44 bits per heavy atom. The summed E-state index contributed by atoms with van der Waals surface area (Å²) in [6.07, 6.45) is 7.74. The van der Waals surface area contributed by atoms with Crippen molar-refractivity contribution in [3.63, 3.8) is 0 Å². The van der Waals surface area contributed by atoms with Gasteiger partial charge < -0.3 is 9.15 Å². The molecule has 18 heavy (non-hydrogen) atoms. The fourth-order valence-electron chi connectivity index (χ4n) is 2.95. The molecule has 1 saturated carbocycles. The van der Waals surface area contributed by atoms with Gasteiger partial charge in [0.25, 0.3) is 0 Å². The SMILES string of the molecule is COC1(C(NN)c2ccoc2)CCC(C)(C)CC1. The molecule has 102 valence electrons. The summed E-state index contributed by atoms with van der Waals surface area (Å²) in [7, 11) is 1.78. The third kappa shape index (κ3) is 2.46. The molecule has 0 aromatic carbocycles. The summed E-state index contributed by atoms with van der Waals surface area (Å²) < 4.78 is 11.0. The molecule has 1 aliphatic carbocycles. The maximum Gasteiger partial charge on any atom is 0.0952 e. The molecule has 4 nitrogen and oxygen atoms in total. The van der Waals surface area contributed by atoms with Crippen LogP contribution in [0.3, 0.4) is 0 Å². The molecular weight excluding hydrogens is 228 g/mol. The Hall–Kier alpha value is -0.840. The van der Waals surface area contributed by atoms with E-state index in [1.807, 2.05) is 6.07 Å². The van der Waals surface area contributed by atoms with Gasteiger partial charge in [-0.25, -0.2) is 5.43 Å². The van der Waals surface area contributed by atoms with Crippen LogP contribution in [0.5, 0.6) is 0 Å². The molecule has 1 unspecified atom stereocenters. The van der Waals surface area contributed by atoms with Gasteiger partial charge >= 0.3 is 0 Å². The number of furan rings is 1. The summed E-state index contributed by atoms with van der Waals surface area (Å²) in [5, 5.41) is 0. The zero-order valence-electron chi connectivity index (χ0n) is 11.5. The van der Waals surface area contributed by atoms with Crippen molar-refractivity contribution in [1.29, 1.82) is 0 Å². The molecule has 0 saturated heterocycles. The number of nitrogens with two attached hydrogens (primary N) is 1. The number of ether oxygens (including phenoxy) is 1. The van der Waals surface area contributed by atoms with Gasteiger partial charge in [0, 0.05) is 12.7 Å². The van der Waals surface area contributed by atoms with E-state index in [9.17, 15) is 0 Å².